The van der Waals surface area contributed by atoms with Crippen LogP contribution < -0.4 is 5.32 Å². The summed E-state index contributed by atoms with van der Waals surface area (Å²) >= 11 is 0. The van der Waals surface area contributed by atoms with Crippen molar-refractivity contribution in [1.29, 1.82) is 0 Å². The average Bonchev–Trinajstić information content (AvgIpc) is 2.67. The summed E-state index contributed by atoms with van der Waals surface area (Å²) in [5, 5.41) is 14.2. The number of carbonyl (C=O) groups is 2. The van der Waals surface area contributed by atoms with E-state index in [1.807, 2.05) is 30.3 Å². The summed E-state index contributed by atoms with van der Waals surface area (Å²) in [6.07, 6.45) is 1.09. The standard InChI is InChI=1S/C22H20N2O4/c1-13-7-8-15(10-19(13)24(27)28)17-12-21(26)23-18-9-16(11-20(25)22(17)18)14-5-3-2-4-6-14/h2-8,10,16-17H,9,11-12H2,1H3,(H,23,26)/t16-,17-/m1/s1. The molecule has 4 rings (SSSR count). The molecular weight excluding hydrogens is 356 g/mol. The Morgan fingerprint density at radius 1 is 1.00 bits per heavy atom. The smallest absolute Gasteiger partial charge is 0.272 e. The van der Waals surface area contributed by atoms with E-state index in [1.165, 1.54) is 6.07 Å². The molecule has 0 fully saturated rings. The van der Waals surface area contributed by atoms with Gasteiger partial charge in [-0.25, -0.2) is 0 Å². The maximum absolute atomic E-state index is 13.0. The van der Waals surface area contributed by atoms with Crippen LogP contribution in [0.3, 0.4) is 0 Å². The van der Waals surface area contributed by atoms with Gasteiger partial charge in [0, 0.05) is 41.7 Å². The quantitative estimate of drug-likeness (QED) is 0.650. The number of benzene rings is 2. The lowest BCUT2D eigenvalue weighted by Gasteiger charge is -2.34. The summed E-state index contributed by atoms with van der Waals surface area (Å²) in [4.78, 5) is 36.3. The van der Waals surface area contributed by atoms with Crippen LogP contribution in [-0.4, -0.2) is 16.6 Å². The molecule has 0 saturated carbocycles. The van der Waals surface area contributed by atoms with Gasteiger partial charge >= 0.3 is 0 Å². The van der Waals surface area contributed by atoms with Gasteiger partial charge in [-0.05, 0) is 30.4 Å². The van der Waals surface area contributed by atoms with Gasteiger partial charge < -0.3 is 5.32 Å². The Balaban J connectivity index is 1.74. The molecule has 2 atom stereocenters. The van der Waals surface area contributed by atoms with Crippen LogP contribution >= 0.6 is 0 Å². The molecule has 2 aliphatic rings. The first-order chi connectivity index (χ1) is 13.4. The number of rotatable bonds is 3. The number of allylic oxidation sites excluding steroid dienone is 2. The number of nitro benzene ring substituents is 1. The highest BCUT2D eigenvalue weighted by Gasteiger charge is 2.38. The van der Waals surface area contributed by atoms with Crippen LogP contribution in [0.2, 0.25) is 0 Å². The zero-order valence-electron chi connectivity index (χ0n) is 15.5. The number of aryl methyl sites for hydroxylation is 1. The van der Waals surface area contributed by atoms with E-state index in [2.05, 4.69) is 5.32 Å². The summed E-state index contributed by atoms with van der Waals surface area (Å²) in [5.41, 5.74) is 3.55. The summed E-state index contributed by atoms with van der Waals surface area (Å²) in [6.45, 7) is 1.68. The Hall–Kier alpha value is -3.28. The SMILES string of the molecule is Cc1ccc([C@H]2CC(=O)NC3=C2C(=O)C[C@H](c2ccccc2)C3)cc1[N+](=O)[O-]. The molecule has 0 saturated heterocycles. The molecule has 2 aromatic carbocycles. The lowest BCUT2D eigenvalue weighted by Crippen LogP contribution is -2.38. The number of amides is 1. The molecule has 0 radical (unpaired) electrons. The van der Waals surface area contributed by atoms with Gasteiger partial charge in [0.2, 0.25) is 5.91 Å². The van der Waals surface area contributed by atoms with Crippen molar-refractivity contribution in [3.05, 3.63) is 86.6 Å². The number of nitrogens with one attached hydrogen (secondary N) is 1. The van der Waals surface area contributed by atoms with Crippen molar-refractivity contribution in [1.82, 2.24) is 5.32 Å². The Labute approximate surface area is 162 Å². The van der Waals surface area contributed by atoms with E-state index in [-0.39, 0.29) is 29.7 Å². The number of ketones is 1. The Morgan fingerprint density at radius 2 is 1.75 bits per heavy atom. The highest BCUT2D eigenvalue weighted by molar-refractivity contribution is 6.02. The number of hydrogen-bond acceptors (Lipinski definition) is 4. The molecule has 2 aromatic rings. The minimum absolute atomic E-state index is 0.00308. The van der Waals surface area contributed by atoms with Crippen molar-refractivity contribution in [2.75, 3.05) is 0 Å². The van der Waals surface area contributed by atoms with Gasteiger partial charge in [-0.1, -0.05) is 42.5 Å². The summed E-state index contributed by atoms with van der Waals surface area (Å²) in [5.74, 6) is -0.567. The van der Waals surface area contributed by atoms with E-state index in [0.717, 1.165) is 5.56 Å². The van der Waals surface area contributed by atoms with E-state index in [0.29, 0.717) is 35.2 Å². The number of nitrogens with zero attached hydrogens (tertiary/aromatic N) is 1. The predicted octanol–water partition coefficient (Wildman–Crippen LogP) is 3.91. The molecule has 1 N–H and O–H groups in total. The highest BCUT2D eigenvalue weighted by atomic mass is 16.6. The molecule has 0 spiro atoms. The van der Waals surface area contributed by atoms with Crippen LogP contribution in [0.1, 0.15) is 47.8 Å². The molecule has 1 aliphatic heterocycles. The number of hydrogen-bond donors (Lipinski definition) is 1. The third kappa shape index (κ3) is 3.22. The molecule has 6 heteroatoms. The molecule has 1 aliphatic carbocycles. The molecule has 0 unspecified atom stereocenters. The summed E-state index contributed by atoms with van der Waals surface area (Å²) in [7, 11) is 0. The van der Waals surface area contributed by atoms with Gasteiger partial charge in [0.1, 0.15) is 0 Å². The van der Waals surface area contributed by atoms with E-state index in [1.54, 1.807) is 19.1 Å². The van der Waals surface area contributed by atoms with Crippen LogP contribution in [0.25, 0.3) is 0 Å². The maximum atomic E-state index is 13.0. The lowest BCUT2D eigenvalue weighted by molar-refractivity contribution is -0.385. The molecule has 6 nitrogen and oxygen atoms in total. The fraction of sp³-hybridized carbons (Fsp3) is 0.273. The summed E-state index contributed by atoms with van der Waals surface area (Å²) in [6, 6.07) is 14.8. The van der Waals surface area contributed by atoms with Crippen LogP contribution in [-0.2, 0) is 9.59 Å². The fourth-order valence-corrected chi connectivity index (χ4v) is 4.25. The number of Topliss-reactive ketones (excluding diaryl/α,β-unsaturated/α-hetero) is 1. The van der Waals surface area contributed by atoms with E-state index >= 15 is 0 Å². The highest BCUT2D eigenvalue weighted by Crippen LogP contribution is 2.43. The van der Waals surface area contributed by atoms with Crippen LogP contribution in [0.4, 0.5) is 5.69 Å². The van der Waals surface area contributed by atoms with Gasteiger partial charge in [-0.2, -0.15) is 0 Å². The Kier molecular flexibility index (Phi) is 4.55. The van der Waals surface area contributed by atoms with Gasteiger partial charge in [0.05, 0.1) is 4.92 Å². The second-order valence-corrected chi connectivity index (χ2v) is 7.44. The van der Waals surface area contributed by atoms with E-state index in [4.69, 9.17) is 0 Å². The second kappa shape index (κ2) is 7.03. The van der Waals surface area contributed by atoms with Crippen molar-refractivity contribution < 1.29 is 14.5 Å². The average molecular weight is 376 g/mol. The predicted molar refractivity (Wildman–Crippen MR) is 104 cm³/mol. The topological polar surface area (TPSA) is 89.3 Å². The normalized spacial score (nSPS) is 21.9. The van der Waals surface area contributed by atoms with Crippen LogP contribution in [0, 0.1) is 17.0 Å². The molecule has 1 amide bonds. The molecule has 0 bridgehead atoms. The first-order valence-electron chi connectivity index (χ1n) is 9.30. The van der Waals surface area contributed by atoms with Gasteiger partial charge in [-0.15, -0.1) is 0 Å². The number of carbonyl (C=O) groups excluding carboxylic acids is 2. The van der Waals surface area contributed by atoms with Crippen molar-refractivity contribution in [2.24, 2.45) is 0 Å². The van der Waals surface area contributed by atoms with Crippen LogP contribution in [0.15, 0.2) is 59.8 Å². The lowest BCUT2D eigenvalue weighted by atomic mass is 9.73. The fourth-order valence-electron chi connectivity index (χ4n) is 4.25. The van der Waals surface area contributed by atoms with Gasteiger partial charge in [0.15, 0.2) is 5.78 Å². The Bertz CT molecular complexity index is 1010. The largest absolute Gasteiger partial charge is 0.329 e. The van der Waals surface area contributed by atoms with Gasteiger partial charge in [0.25, 0.3) is 5.69 Å². The zero-order chi connectivity index (χ0) is 19.8. The first kappa shape index (κ1) is 18.1. The minimum Gasteiger partial charge on any atom is -0.329 e. The van der Waals surface area contributed by atoms with Crippen molar-refractivity contribution in [3.63, 3.8) is 0 Å². The van der Waals surface area contributed by atoms with E-state index in [9.17, 15) is 19.7 Å². The van der Waals surface area contributed by atoms with E-state index < -0.39 is 10.8 Å². The van der Waals surface area contributed by atoms with Crippen LogP contribution in [0.5, 0.6) is 0 Å². The maximum Gasteiger partial charge on any atom is 0.272 e. The molecule has 142 valence electrons. The monoisotopic (exact) mass is 376 g/mol. The molecular formula is C22H20N2O4. The van der Waals surface area contributed by atoms with Crippen molar-refractivity contribution in [3.8, 4) is 0 Å². The third-order valence-electron chi connectivity index (χ3n) is 5.64. The number of nitro groups is 1. The zero-order valence-corrected chi connectivity index (χ0v) is 15.5. The second-order valence-electron chi connectivity index (χ2n) is 7.44. The Morgan fingerprint density at radius 3 is 2.46 bits per heavy atom. The van der Waals surface area contributed by atoms with Crippen molar-refractivity contribution >= 4 is 17.4 Å². The minimum atomic E-state index is -0.438. The molecule has 28 heavy (non-hydrogen) atoms. The van der Waals surface area contributed by atoms with Crippen molar-refractivity contribution in [2.45, 2.75) is 38.0 Å². The molecule has 1 heterocycles. The molecule has 0 aromatic heterocycles. The first-order valence-corrected chi connectivity index (χ1v) is 9.30. The van der Waals surface area contributed by atoms with Gasteiger partial charge in [-0.3, -0.25) is 19.7 Å². The third-order valence-corrected chi connectivity index (χ3v) is 5.64. The summed E-state index contributed by atoms with van der Waals surface area (Å²) < 4.78 is 0.